The molecule has 3 rings (SSSR count). The fourth-order valence-corrected chi connectivity index (χ4v) is 3.32. The molecule has 0 unspecified atom stereocenters. The Kier molecular flexibility index (Phi) is 5.53. The van der Waals surface area contributed by atoms with E-state index in [0.717, 1.165) is 10.2 Å². The van der Waals surface area contributed by atoms with Crippen LogP contribution in [0.5, 0.6) is 0 Å². The number of nitrogens with one attached hydrogen (secondary N) is 1. The largest absolute Gasteiger partial charge is 0.355 e. The Labute approximate surface area is 156 Å². The zero-order valence-corrected chi connectivity index (χ0v) is 15.7. The summed E-state index contributed by atoms with van der Waals surface area (Å²) in [7, 11) is 0. The fraction of sp³-hybridized carbons (Fsp3) is 0.300. The summed E-state index contributed by atoms with van der Waals surface area (Å²) < 4.78 is 0.965. The molecule has 0 radical (unpaired) electrons. The summed E-state index contributed by atoms with van der Waals surface area (Å²) in [6.45, 7) is 3.10. The molecule has 5 heteroatoms. The molecule has 1 N–H and O–H groups in total. The number of carbonyl (C=O) groups excluding carboxylic acids is 2. The highest BCUT2D eigenvalue weighted by Crippen LogP contribution is 2.26. The van der Waals surface area contributed by atoms with Crippen LogP contribution in [-0.4, -0.2) is 24.9 Å². The molecular weight excluding hydrogens is 380 g/mol. The smallest absolute Gasteiger partial charge is 0.227 e. The van der Waals surface area contributed by atoms with Crippen LogP contribution in [0.15, 0.2) is 59.1 Å². The number of benzene rings is 2. The molecule has 1 fully saturated rings. The second kappa shape index (κ2) is 7.83. The second-order valence-electron chi connectivity index (χ2n) is 6.44. The van der Waals surface area contributed by atoms with Crippen molar-refractivity contribution in [2.24, 2.45) is 5.92 Å². The lowest BCUT2D eigenvalue weighted by atomic mass is 10.0. The predicted molar refractivity (Wildman–Crippen MR) is 102 cm³/mol. The highest BCUT2D eigenvalue weighted by atomic mass is 79.9. The quantitative estimate of drug-likeness (QED) is 0.830. The lowest BCUT2D eigenvalue weighted by Crippen LogP contribution is -2.35. The molecule has 130 valence electrons. The number of carbonyl (C=O) groups is 2. The van der Waals surface area contributed by atoms with Crippen molar-refractivity contribution < 1.29 is 9.59 Å². The van der Waals surface area contributed by atoms with Crippen molar-refractivity contribution in [2.75, 3.05) is 18.0 Å². The van der Waals surface area contributed by atoms with Gasteiger partial charge in [-0.2, -0.15) is 0 Å². The van der Waals surface area contributed by atoms with Crippen LogP contribution in [0.3, 0.4) is 0 Å². The van der Waals surface area contributed by atoms with Crippen molar-refractivity contribution in [1.82, 2.24) is 5.32 Å². The van der Waals surface area contributed by atoms with Gasteiger partial charge in [-0.25, -0.2) is 0 Å². The van der Waals surface area contributed by atoms with E-state index in [1.807, 2.05) is 42.5 Å². The number of hydrogen-bond donors (Lipinski definition) is 1. The average Bonchev–Trinajstić information content (AvgIpc) is 3.02. The van der Waals surface area contributed by atoms with Gasteiger partial charge in [-0.1, -0.05) is 53.2 Å². The van der Waals surface area contributed by atoms with Gasteiger partial charge < -0.3 is 10.2 Å². The zero-order chi connectivity index (χ0) is 17.8. The molecule has 2 atom stereocenters. The number of hydrogen-bond acceptors (Lipinski definition) is 2. The van der Waals surface area contributed by atoms with E-state index in [9.17, 15) is 9.59 Å². The van der Waals surface area contributed by atoms with Gasteiger partial charge in [0.25, 0.3) is 0 Å². The van der Waals surface area contributed by atoms with Crippen molar-refractivity contribution in [3.05, 3.63) is 64.6 Å². The van der Waals surface area contributed by atoms with Crippen LogP contribution in [0.4, 0.5) is 5.69 Å². The van der Waals surface area contributed by atoms with Crippen LogP contribution in [-0.2, 0) is 9.59 Å². The van der Waals surface area contributed by atoms with Crippen LogP contribution >= 0.6 is 15.9 Å². The van der Waals surface area contributed by atoms with Gasteiger partial charge in [0.1, 0.15) is 0 Å². The van der Waals surface area contributed by atoms with Crippen molar-refractivity contribution in [3.63, 3.8) is 0 Å². The summed E-state index contributed by atoms with van der Waals surface area (Å²) in [5.74, 6) is -0.0988. The summed E-state index contributed by atoms with van der Waals surface area (Å²) in [6.07, 6.45) is 0.265. The minimum atomic E-state index is -0.292. The molecule has 25 heavy (non-hydrogen) atoms. The molecule has 0 aliphatic carbocycles. The molecule has 2 aromatic rings. The minimum Gasteiger partial charge on any atom is -0.355 e. The topological polar surface area (TPSA) is 49.4 Å². The Bertz CT molecular complexity index is 746. The molecule has 0 spiro atoms. The number of rotatable bonds is 5. The first kappa shape index (κ1) is 17.7. The van der Waals surface area contributed by atoms with Gasteiger partial charge in [-0.05, 0) is 35.7 Å². The monoisotopic (exact) mass is 400 g/mol. The SMILES string of the molecule is C[C@H](CNC(=O)[C@H]1CC(=O)N(c2ccc(Br)cc2)C1)c1ccccc1. The molecule has 2 amide bonds. The van der Waals surface area contributed by atoms with E-state index in [1.54, 1.807) is 4.90 Å². The van der Waals surface area contributed by atoms with Crippen LogP contribution in [0, 0.1) is 5.92 Å². The highest BCUT2D eigenvalue weighted by molar-refractivity contribution is 9.10. The van der Waals surface area contributed by atoms with Crippen molar-refractivity contribution in [1.29, 1.82) is 0 Å². The summed E-state index contributed by atoms with van der Waals surface area (Å²) in [6, 6.07) is 17.7. The van der Waals surface area contributed by atoms with Gasteiger partial charge in [-0.3, -0.25) is 9.59 Å². The molecule has 4 nitrogen and oxygen atoms in total. The third-order valence-electron chi connectivity index (χ3n) is 4.59. The molecular formula is C20H21BrN2O2. The van der Waals surface area contributed by atoms with Gasteiger partial charge in [0.2, 0.25) is 11.8 Å². The zero-order valence-electron chi connectivity index (χ0n) is 14.1. The van der Waals surface area contributed by atoms with E-state index in [-0.39, 0.29) is 30.1 Å². The fourth-order valence-electron chi connectivity index (χ4n) is 3.05. The van der Waals surface area contributed by atoms with Gasteiger partial charge in [-0.15, -0.1) is 0 Å². The average molecular weight is 401 g/mol. The van der Waals surface area contributed by atoms with Gasteiger partial charge in [0.15, 0.2) is 0 Å². The van der Waals surface area contributed by atoms with E-state index in [1.165, 1.54) is 5.56 Å². The second-order valence-corrected chi connectivity index (χ2v) is 7.35. The Hall–Kier alpha value is -2.14. The van der Waals surface area contributed by atoms with Gasteiger partial charge in [0, 0.05) is 29.7 Å². The Morgan fingerprint density at radius 1 is 1.20 bits per heavy atom. The summed E-state index contributed by atoms with van der Waals surface area (Å²) in [5.41, 5.74) is 2.03. The van der Waals surface area contributed by atoms with Crippen LogP contribution in [0.1, 0.15) is 24.8 Å². The molecule has 2 aromatic carbocycles. The van der Waals surface area contributed by atoms with Crippen molar-refractivity contribution in [3.8, 4) is 0 Å². The molecule has 0 saturated carbocycles. The van der Waals surface area contributed by atoms with E-state index < -0.39 is 0 Å². The summed E-state index contributed by atoms with van der Waals surface area (Å²) >= 11 is 3.39. The third kappa shape index (κ3) is 4.28. The lowest BCUT2D eigenvalue weighted by molar-refractivity contribution is -0.126. The highest BCUT2D eigenvalue weighted by Gasteiger charge is 2.35. The molecule has 0 aromatic heterocycles. The molecule has 1 aliphatic rings. The maximum Gasteiger partial charge on any atom is 0.227 e. The minimum absolute atomic E-state index is 0.00131. The maximum absolute atomic E-state index is 12.5. The first-order valence-electron chi connectivity index (χ1n) is 8.43. The van der Waals surface area contributed by atoms with Crippen LogP contribution in [0.25, 0.3) is 0 Å². The third-order valence-corrected chi connectivity index (χ3v) is 5.11. The van der Waals surface area contributed by atoms with Crippen LogP contribution < -0.4 is 10.2 Å². The predicted octanol–water partition coefficient (Wildman–Crippen LogP) is 3.72. The Balaban J connectivity index is 1.56. The first-order chi connectivity index (χ1) is 12.0. The molecule has 0 bridgehead atoms. The molecule has 1 saturated heterocycles. The molecule has 1 aliphatic heterocycles. The summed E-state index contributed by atoms with van der Waals surface area (Å²) in [5, 5.41) is 3.00. The van der Waals surface area contributed by atoms with E-state index in [0.29, 0.717) is 13.1 Å². The number of anilines is 1. The van der Waals surface area contributed by atoms with Gasteiger partial charge in [0.05, 0.1) is 5.92 Å². The van der Waals surface area contributed by atoms with E-state index in [4.69, 9.17) is 0 Å². The lowest BCUT2D eigenvalue weighted by Gasteiger charge is -2.18. The molecule has 1 heterocycles. The Morgan fingerprint density at radius 2 is 1.88 bits per heavy atom. The first-order valence-corrected chi connectivity index (χ1v) is 9.22. The van der Waals surface area contributed by atoms with E-state index in [2.05, 4.69) is 40.3 Å². The van der Waals surface area contributed by atoms with Crippen molar-refractivity contribution in [2.45, 2.75) is 19.3 Å². The number of halogens is 1. The Morgan fingerprint density at radius 3 is 2.56 bits per heavy atom. The number of amides is 2. The number of nitrogens with zero attached hydrogens (tertiary/aromatic N) is 1. The normalized spacial score (nSPS) is 18.2. The summed E-state index contributed by atoms with van der Waals surface area (Å²) in [4.78, 5) is 26.4. The van der Waals surface area contributed by atoms with Crippen molar-refractivity contribution >= 4 is 33.4 Å². The van der Waals surface area contributed by atoms with E-state index >= 15 is 0 Å². The maximum atomic E-state index is 12.5. The van der Waals surface area contributed by atoms with Gasteiger partial charge >= 0.3 is 0 Å². The standard InChI is InChI=1S/C20H21BrN2O2/c1-14(15-5-3-2-4-6-15)12-22-20(25)16-11-19(24)23(13-16)18-9-7-17(21)8-10-18/h2-10,14,16H,11-13H2,1H3,(H,22,25)/t14-,16+/m1/s1. The van der Waals surface area contributed by atoms with Crippen LogP contribution in [0.2, 0.25) is 0 Å².